The molecule has 0 radical (unpaired) electrons. The molecule has 0 aliphatic carbocycles. The van der Waals surface area contributed by atoms with Gasteiger partial charge >= 0.3 is 0 Å². The third-order valence-corrected chi connectivity index (χ3v) is 6.22. The monoisotopic (exact) mass is 436 g/mol. The minimum atomic E-state index is -3.52. The van der Waals surface area contributed by atoms with Crippen LogP contribution in [0.4, 0.5) is 5.69 Å². The van der Waals surface area contributed by atoms with Crippen molar-refractivity contribution in [1.29, 1.82) is 0 Å². The molecule has 0 unspecified atom stereocenters. The third kappa shape index (κ3) is 5.64. The molecule has 8 heteroatoms. The molecular formula is C21H25ClN2O4S. The highest BCUT2D eigenvalue weighted by molar-refractivity contribution is 7.92. The number of benzene rings is 2. The van der Waals surface area contributed by atoms with Crippen LogP contribution in [0.5, 0.6) is 5.75 Å². The van der Waals surface area contributed by atoms with Gasteiger partial charge in [0, 0.05) is 24.5 Å². The van der Waals surface area contributed by atoms with E-state index < -0.39 is 16.1 Å². The maximum absolute atomic E-state index is 12.6. The van der Waals surface area contributed by atoms with Crippen molar-refractivity contribution in [2.24, 2.45) is 0 Å². The summed E-state index contributed by atoms with van der Waals surface area (Å²) in [6.45, 7) is 2.72. The van der Waals surface area contributed by atoms with Crippen LogP contribution < -0.4 is 14.4 Å². The lowest BCUT2D eigenvalue weighted by molar-refractivity contribution is -0.128. The van der Waals surface area contributed by atoms with E-state index in [1.807, 2.05) is 6.92 Å². The van der Waals surface area contributed by atoms with Crippen LogP contribution in [0.3, 0.4) is 0 Å². The molecule has 0 aromatic heterocycles. The Kier molecular flexibility index (Phi) is 6.70. The van der Waals surface area contributed by atoms with E-state index in [1.165, 1.54) is 15.4 Å². The van der Waals surface area contributed by atoms with Crippen molar-refractivity contribution in [3.05, 3.63) is 58.6 Å². The quantitative estimate of drug-likeness (QED) is 0.705. The smallest absolute Gasteiger partial charge is 0.261 e. The largest absolute Gasteiger partial charge is 0.478 e. The predicted octanol–water partition coefficient (Wildman–Crippen LogP) is 3.31. The summed E-state index contributed by atoms with van der Waals surface area (Å²) < 4.78 is 31.5. The summed E-state index contributed by atoms with van der Waals surface area (Å²) in [6.07, 6.45) is 2.30. The zero-order chi connectivity index (χ0) is 21.0. The summed E-state index contributed by atoms with van der Waals surface area (Å²) in [6, 6.07) is 13.1. The Morgan fingerprint density at radius 3 is 2.66 bits per heavy atom. The average Bonchev–Trinajstić information content (AvgIpc) is 2.85. The lowest BCUT2D eigenvalue weighted by Gasteiger charge is -2.21. The molecule has 1 aliphatic rings. The molecule has 1 aliphatic heterocycles. The number of amides is 1. The number of aryl methyl sites for hydroxylation is 2. The number of nitrogens with one attached hydrogen (secondary N) is 1. The lowest BCUT2D eigenvalue weighted by Crippen LogP contribution is -2.40. The van der Waals surface area contributed by atoms with Gasteiger partial charge in [0.15, 0.2) is 6.10 Å². The predicted molar refractivity (Wildman–Crippen MR) is 115 cm³/mol. The molecule has 6 nitrogen and oxygen atoms in total. The van der Waals surface area contributed by atoms with Crippen LogP contribution in [0.15, 0.2) is 42.5 Å². The highest BCUT2D eigenvalue weighted by Crippen LogP contribution is 2.36. The molecule has 1 amide bonds. The van der Waals surface area contributed by atoms with Gasteiger partial charge in [-0.3, -0.25) is 9.10 Å². The van der Waals surface area contributed by atoms with Gasteiger partial charge in [0.2, 0.25) is 10.0 Å². The number of carbonyl (C=O) groups excluding carboxylic acids is 1. The average molecular weight is 437 g/mol. The fourth-order valence-electron chi connectivity index (χ4n) is 3.25. The van der Waals surface area contributed by atoms with Gasteiger partial charge in [0.1, 0.15) is 5.75 Å². The Bertz CT molecular complexity index is 977. The third-order valence-electron chi connectivity index (χ3n) is 4.81. The van der Waals surface area contributed by atoms with Gasteiger partial charge in [-0.2, -0.15) is 0 Å². The standard InChI is InChI=1S/C21H25ClN2O4S/c1-15-5-7-16(8-6-15)4-3-12-23-21(25)20-11-13-24(29(2,26)27)18-14-17(22)9-10-19(18)28-20/h5-10,14,20H,3-4,11-13H2,1-2H3,(H,23,25)/t20-/m1/s1. The van der Waals surface area contributed by atoms with E-state index in [9.17, 15) is 13.2 Å². The number of hydrogen-bond acceptors (Lipinski definition) is 4. The zero-order valence-electron chi connectivity index (χ0n) is 16.5. The topological polar surface area (TPSA) is 75.7 Å². The van der Waals surface area contributed by atoms with Gasteiger partial charge in [0.05, 0.1) is 11.9 Å². The number of fused-ring (bicyclic) bond motifs is 1. The van der Waals surface area contributed by atoms with Gasteiger partial charge in [-0.25, -0.2) is 8.42 Å². The number of carbonyl (C=O) groups is 1. The highest BCUT2D eigenvalue weighted by Gasteiger charge is 2.31. The number of halogens is 1. The summed E-state index contributed by atoms with van der Waals surface area (Å²) >= 11 is 6.03. The van der Waals surface area contributed by atoms with E-state index >= 15 is 0 Å². The first-order valence-electron chi connectivity index (χ1n) is 9.51. The van der Waals surface area contributed by atoms with Crippen LogP contribution in [0, 0.1) is 6.92 Å². The number of sulfonamides is 1. The Balaban J connectivity index is 1.61. The van der Waals surface area contributed by atoms with E-state index in [0.717, 1.165) is 19.1 Å². The second-order valence-electron chi connectivity index (χ2n) is 7.22. The second-order valence-corrected chi connectivity index (χ2v) is 9.57. The van der Waals surface area contributed by atoms with Crippen LogP contribution >= 0.6 is 11.6 Å². The molecule has 1 heterocycles. The van der Waals surface area contributed by atoms with Gasteiger partial charge in [-0.1, -0.05) is 41.4 Å². The molecule has 0 bridgehead atoms. The molecule has 0 saturated carbocycles. The van der Waals surface area contributed by atoms with E-state index in [1.54, 1.807) is 18.2 Å². The summed E-state index contributed by atoms with van der Waals surface area (Å²) in [7, 11) is -3.52. The Morgan fingerprint density at radius 1 is 1.24 bits per heavy atom. The molecule has 29 heavy (non-hydrogen) atoms. The van der Waals surface area contributed by atoms with Crippen molar-refractivity contribution in [3.8, 4) is 5.75 Å². The number of ether oxygens (including phenoxy) is 1. The number of hydrogen-bond donors (Lipinski definition) is 1. The van der Waals surface area contributed by atoms with Crippen molar-refractivity contribution in [1.82, 2.24) is 5.32 Å². The lowest BCUT2D eigenvalue weighted by atomic mass is 10.1. The van der Waals surface area contributed by atoms with Gasteiger partial charge in [-0.05, 0) is 43.5 Å². The van der Waals surface area contributed by atoms with E-state index in [0.29, 0.717) is 23.0 Å². The molecule has 2 aromatic carbocycles. The summed E-state index contributed by atoms with van der Waals surface area (Å²) in [4.78, 5) is 12.6. The van der Waals surface area contributed by atoms with Gasteiger partial charge < -0.3 is 10.1 Å². The van der Waals surface area contributed by atoms with Crippen molar-refractivity contribution in [3.63, 3.8) is 0 Å². The zero-order valence-corrected chi connectivity index (χ0v) is 18.1. The molecule has 1 atom stereocenters. The second kappa shape index (κ2) is 9.05. The highest BCUT2D eigenvalue weighted by atomic mass is 35.5. The minimum Gasteiger partial charge on any atom is -0.478 e. The Labute approximate surface area is 176 Å². The molecule has 1 N–H and O–H groups in total. The summed E-state index contributed by atoms with van der Waals surface area (Å²) in [5, 5.41) is 3.30. The Morgan fingerprint density at radius 2 is 1.97 bits per heavy atom. The van der Waals surface area contributed by atoms with Crippen LogP contribution in [0.1, 0.15) is 24.0 Å². The minimum absolute atomic E-state index is 0.146. The molecule has 156 valence electrons. The fraction of sp³-hybridized carbons (Fsp3) is 0.381. The molecule has 2 aromatic rings. The first kappa shape index (κ1) is 21.5. The number of rotatable bonds is 6. The molecule has 0 saturated heterocycles. The van der Waals surface area contributed by atoms with E-state index in [2.05, 4.69) is 29.6 Å². The van der Waals surface area contributed by atoms with Crippen LogP contribution in [0.25, 0.3) is 0 Å². The molecule has 3 rings (SSSR count). The summed E-state index contributed by atoms with van der Waals surface area (Å²) in [5.41, 5.74) is 2.80. The van der Waals surface area contributed by atoms with Crippen molar-refractivity contribution in [2.75, 3.05) is 23.7 Å². The van der Waals surface area contributed by atoms with Crippen molar-refractivity contribution < 1.29 is 17.9 Å². The number of anilines is 1. The summed E-state index contributed by atoms with van der Waals surface area (Å²) in [5.74, 6) is 0.0855. The fourth-order valence-corrected chi connectivity index (χ4v) is 4.36. The maximum Gasteiger partial charge on any atom is 0.261 e. The van der Waals surface area contributed by atoms with E-state index in [4.69, 9.17) is 16.3 Å². The van der Waals surface area contributed by atoms with Gasteiger partial charge in [0.25, 0.3) is 5.91 Å². The first-order chi connectivity index (χ1) is 13.7. The van der Waals surface area contributed by atoms with E-state index in [-0.39, 0.29) is 18.9 Å². The normalized spacial score (nSPS) is 16.5. The SMILES string of the molecule is Cc1ccc(CCCNC(=O)[C@H]2CCN(S(C)(=O)=O)c3cc(Cl)ccc3O2)cc1. The number of nitrogens with zero attached hydrogens (tertiary/aromatic N) is 1. The Hall–Kier alpha value is -2.25. The molecular weight excluding hydrogens is 412 g/mol. The first-order valence-corrected chi connectivity index (χ1v) is 11.7. The van der Waals surface area contributed by atoms with Crippen molar-refractivity contribution >= 4 is 33.2 Å². The van der Waals surface area contributed by atoms with Crippen LogP contribution in [0.2, 0.25) is 5.02 Å². The molecule has 0 spiro atoms. The van der Waals surface area contributed by atoms with Crippen LogP contribution in [-0.2, 0) is 21.2 Å². The van der Waals surface area contributed by atoms with Crippen molar-refractivity contribution in [2.45, 2.75) is 32.3 Å². The van der Waals surface area contributed by atoms with Crippen LogP contribution in [-0.4, -0.2) is 39.8 Å². The maximum atomic E-state index is 12.6. The molecule has 0 fully saturated rings. The van der Waals surface area contributed by atoms with Gasteiger partial charge in [-0.15, -0.1) is 0 Å².